The lowest BCUT2D eigenvalue weighted by Gasteiger charge is -2.20. The average Bonchev–Trinajstić information content (AvgIpc) is 2.34. The number of aromatic nitrogens is 1. The second-order valence-electron chi connectivity index (χ2n) is 4.99. The summed E-state index contributed by atoms with van der Waals surface area (Å²) in [5.41, 5.74) is 8.57. The SMILES string of the molecule is CCCCC(CC)CC(N)c1ccnc(C)c1. The van der Waals surface area contributed by atoms with Gasteiger partial charge in [-0.2, -0.15) is 0 Å². The van der Waals surface area contributed by atoms with Gasteiger partial charge in [0.15, 0.2) is 0 Å². The second kappa shape index (κ2) is 7.44. The summed E-state index contributed by atoms with van der Waals surface area (Å²) in [4.78, 5) is 4.22. The van der Waals surface area contributed by atoms with Crippen LogP contribution in [0.1, 0.15) is 63.3 Å². The van der Waals surface area contributed by atoms with Gasteiger partial charge in [-0.1, -0.05) is 39.5 Å². The van der Waals surface area contributed by atoms with Crippen molar-refractivity contribution in [3.05, 3.63) is 29.6 Å². The maximum absolute atomic E-state index is 6.28. The van der Waals surface area contributed by atoms with Gasteiger partial charge in [0.1, 0.15) is 0 Å². The van der Waals surface area contributed by atoms with Crippen LogP contribution in [0.3, 0.4) is 0 Å². The predicted octanol–water partition coefficient (Wildman–Crippen LogP) is 4.00. The first-order valence-electron chi connectivity index (χ1n) is 6.85. The molecule has 0 aliphatic heterocycles. The third-order valence-electron chi connectivity index (χ3n) is 3.48. The molecular weight excluding hydrogens is 208 g/mol. The highest BCUT2D eigenvalue weighted by molar-refractivity contribution is 5.19. The highest BCUT2D eigenvalue weighted by Crippen LogP contribution is 2.25. The van der Waals surface area contributed by atoms with E-state index in [2.05, 4.69) is 24.9 Å². The molecular formula is C15H26N2. The van der Waals surface area contributed by atoms with Gasteiger partial charge in [0, 0.05) is 17.9 Å². The van der Waals surface area contributed by atoms with E-state index in [0.717, 1.165) is 18.0 Å². The summed E-state index contributed by atoms with van der Waals surface area (Å²) in [7, 11) is 0. The number of nitrogens with two attached hydrogens (primary N) is 1. The standard InChI is InChI=1S/C15H26N2/c1-4-6-7-13(5-2)11-15(16)14-8-9-17-12(3)10-14/h8-10,13,15H,4-7,11,16H2,1-3H3. The van der Waals surface area contributed by atoms with Crippen molar-refractivity contribution in [1.82, 2.24) is 4.98 Å². The largest absolute Gasteiger partial charge is 0.324 e. The molecule has 0 saturated heterocycles. The number of hydrogen-bond donors (Lipinski definition) is 1. The molecule has 0 spiro atoms. The van der Waals surface area contributed by atoms with Crippen molar-refractivity contribution < 1.29 is 0 Å². The smallest absolute Gasteiger partial charge is 0.0375 e. The first-order valence-corrected chi connectivity index (χ1v) is 6.85. The highest BCUT2D eigenvalue weighted by atomic mass is 14.7. The minimum Gasteiger partial charge on any atom is -0.324 e. The topological polar surface area (TPSA) is 38.9 Å². The van der Waals surface area contributed by atoms with Gasteiger partial charge in [0.05, 0.1) is 0 Å². The first kappa shape index (κ1) is 14.2. The Hall–Kier alpha value is -0.890. The lowest BCUT2D eigenvalue weighted by molar-refractivity contribution is 0.388. The van der Waals surface area contributed by atoms with E-state index in [1.807, 2.05) is 19.2 Å². The molecule has 96 valence electrons. The highest BCUT2D eigenvalue weighted by Gasteiger charge is 2.13. The number of unbranched alkanes of at least 4 members (excludes halogenated alkanes) is 1. The fourth-order valence-corrected chi connectivity index (χ4v) is 2.27. The molecule has 0 aliphatic rings. The molecule has 2 heteroatoms. The van der Waals surface area contributed by atoms with Gasteiger partial charge in [0.2, 0.25) is 0 Å². The molecule has 0 aromatic carbocycles. The maximum atomic E-state index is 6.28. The summed E-state index contributed by atoms with van der Waals surface area (Å²) < 4.78 is 0. The Morgan fingerprint density at radius 3 is 2.71 bits per heavy atom. The van der Waals surface area contributed by atoms with Crippen molar-refractivity contribution in [2.75, 3.05) is 0 Å². The van der Waals surface area contributed by atoms with Crippen molar-refractivity contribution in [1.29, 1.82) is 0 Å². The Morgan fingerprint density at radius 1 is 1.35 bits per heavy atom. The quantitative estimate of drug-likeness (QED) is 0.774. The summed E-state index contributed by atoms with van der Waals surface area (Å²) in [5.74, 6) is 0.762. The summed E-state index contributed by atoms with van der Waals surface area (Å²) in [5, 5.41) is 0. The molecule has 1 rings (SSSR count). The fourth-order valence-electron chi connectivity index (χ4n) is 2.27. The molecule has 0 amide bonds. The summed E-state index contributed by atoms with van der Waals surface area (Å²) in [6.07, 6.45) is 8.10. The van der Waals surface area contributed by atoms with Gasteiger partial charge in [-0.25, -0.2) is 0 Å². The van der Waals surface area contributed by atoms with E-state index in [-0.39, 0.29) is 6.04 Å². The zero-order valence-electron chi connectivity index (χ0n) is 11.4. The molecule has 2 atom stereocenters. The van der Waals surface area contributed by atoms with Crippen LogP contribution in [0.25, 0.3) is 0 Å². The van der Waals surface area contributed by atoms with Gasteiger partial charge in [-0.15, -0.1) is 0 Å². The number of nitrogens with zero attached hydrogens (tertiary/aromatic N) is 1. The van der Waals surface area contributed by atoms with Crippen LogP contribution in [0.2, 0.25) is 0 Å². The average molecular weight is 234 g/mol. The minimum atomic E-state index is 0.165. The number of hydrogen-bond acceptors (Lipinski definition) is 2. The fraction of sp³-hybridized carbons (Fsp3) is 0.667. The molecule has 2 unspecified atom stereocenters. The first-order chi connectivity index (χ1) is 8.17. The molecule has 1 aromatic heterocycles. The predicted molar refractivity (Wildman–Crippen MR) is 73.8 cm³/mol. The van der Waals surface area contributed by atoms with Crippen LogP contribution >= 0.6 is 0 Å². The molecule has 1 heterocycles. The zero-order valence-corrected chi connectivity index (χ0v) is 11.4. The minimum absolute atomic E-state index is 0.165. The lowest BCUT2D eigenvalue weighted by Crippen LogP contribution is -2.15. The molecule has 0 aliphatic carbocycles. The van der Waals surface area contributed by atoms with Crippen LogP contribution in [0.15, 0.2) is 18.3 Å². The molecule has 0 saturated carbocycles. The lowest BCUT2D eigenvalue weighted by atomic mass is 9.90. The van der Waals surface area contributed by atoms with Gasteiger partial charge < -0.3 is 5.73 Å². The van der Waals surface area contributed by atoms with E-state index in [1.165, 1.54) is 31.2 Å². The van der Waals surface area contributed by atoms with Crippen molar-refractivity contribution in [2.24, 2.45) is 11.7 Å². The van der Waals surface area contributed by atoms with E-state index in [4.69, 9.17) is 5.73 Å². The van der Waals surface area contributed by atoms with Crippen LogP contribution in [0.4, 0.5) is 0 Å². The van der Waals surface area contributed by atoms with Crippen molar-refractivity contribution in [2.45, 2.75) is 58.9 Å². The number of aryl methyl sites for hydroxylation is 1. The van der Waals surface area contributed by atoms with E-state index < -0.39 is 0 Å². The molecule has 0 bridgehead atoms. The maximum Gasteiger partial charge on any atom is 0.0375 e. The molecule has 2 nitrogen and oxygen atoms in total. The van der Waals surface area contributed by atoms with Crippen molar-refractivity contribution in [3.8, 4) is 0 Å². The van der Waals surface area contributed by atoms with E-state index in [1.54, 1.807) is 0 Å². The molecule has 0 radical (unpaired) electrons. The Labute approximate surface area is 106 Å². The summed E-state index contributed by atoms with van der Waals surface area (Å²) in [6, 6.07) is 4.32. The Kier molecular flexibility index (Phi) is 6.20. The normalized spacial score (nSPS) is 14.6. The van der Waals surface area contributed by atoms with E-state index in [0.29, 0.717) is 0 Å². The van der Waals surface area contributed by atoms with E-state index >= 15 is 0 Å². The monoisotopic (exact) mass is 234 g/mol. The van der Waals surface area contributed by atoms with Crippen LogP contribution < -0.4 is 5.73 Å². The van der Waals surface area contributed by atoms with Crippen LogP contribution in [0.5, 0.6) is 0 Å². The summed E-state index contributed by atoms with van der Waals surface area (Å²) >= 11 is 0. The zero-order chi connectivity index (χ0) is 12.7. The van der Waals surface area contributed by atoms with Gasteiger partial charge in [0.25, 0.3) is 0 Å². The molecule has 17 heavy (non-hydrogen) atoms. The van der Waals surface area contributed by atoms with Crippen LogP contribution in [-0.2, 0) is 0 Å². The number of rotatable bonds is 7. The van der Waals surface area contributed by atoms with Crippen molar-refractivity contribution >= 4 is 0 Å². The Bertz CT molecular complexity index is 322. The Morgan fingerprint density at radius 2 is 2.12 bits per heavy atom. The molecule has 0 fully saturated rings. The van der Waals surface area contributed by atoms with Gasteiger partial charge in [-0.3, -0.25) is 4.98 Å². The number of pyridine rings is 1. The summed E-state index contributed by atoms with van der Waals surface area (Å²) in [6.45, 7) is 6.54. The second-order valence-corrected chi connectivity index (χ2v) is 4.99. The molecule has 2 N–H and O–H groups in total. The van der Waals surface area contributed by atoms with Crippen LogP contribution in [0, 0.1) is 12.8 Å². The van der Waals surface area contributed by atoms with Crippen LogP contribution in [-0.4, -0.2) is 4.98 Å². The van der Waals surface area contributed by atoms with Gasteiger partial charge >= 0.3 is 0 Å². The van der Waals surface area contributed by atoms with Crippen molar-refractivity contribution in [3.63, 3.8) is 0 Å². The Balaban J connectivity index is 2.54. The molecule has 1 aromatic rings. The third kappa shape index (κ3) is 4.86. The van der Waals surface area contributed by atoms with Gasteiger partial charge in [-0.05, 0) is 37.0 Å². The van der Waals surface area contributed by atoms with E-state index in [9.17, 15) is 0 Å². The third-order valence-corrected chi connectivity index (χ3v) is 3.48.